The Morgan fingerprint density at radius 3 is 2.88 bits per heavy atom. The number of likely N-dealkylation sites (tertiary alicyclic amines) is 1. The molecule has 3 heterocycles. The van der Waals surface area contributed by atoms with E-state index in [9.17, 15) is 9.59 Å². The molecule has 2 atom stereocenters. The van der Waals surface area contributed by atoms with Crippen LogP contribution in [0.5, 0.6) is 0 Å². The van der Waals surface area contributed by atoms with Crippen molar-refractivity contribution in [2.24, 2.45) is 5.92 Å². The summed E-state index contributed by atoms with van der Waals surface area (Å²) in [6.45, 7) is 6.69. The number of hydrogen-bond acceptors (Lipinski definition) is 5. The maximum atomic E-state index is 12.7. The Morgan fingerprint density at radius 2 is 2.16 bits per heavy atom. The normalized spacial score (nSPS) is 23.2. The third-order valence-electron chi connectivity index (χ3n) is 5.07. The molecule has 0 aromatic carbocycles. The quantitative estimate of drug-likeness (QED) is 0.855. The van der Waals surface area contributed by atoms with Crippen molar-refractivity contribution in [2.75, 3.05) is 39.4 Å². The molecule has 2 amide bonds. The standard InChI is InChI=1S/C18H27N3O3S/c1-14(17(22)19-12-16-5-3-11-25-16)21-6-2-4-15(13-21)18(23)20-7-9-24-10-8-20/h3,5,11,14-15H,2,4,6-10,12-13H2,1H3,(H,19,22). The smallest absolute Gasteiger partial charge is 0.237 e. The van der Waals surface area contributed by atoms with Crippen molar-refractivity contribution in [2.45, 2.75) is 32.4 Å². The summed E-state index contributed by atoms with van der Waals surface area (Å²) in [5.41, 5.74) is 0. The molecule has 1 aromatic rings. The zero-order valence-corrected chi connectivity index (χ0v) is 15.6. The SMILES string of the molecule is CC(C(=O)NCc1cccs1)N1CCCC(C(=O)N2CCOCC2)C1. The molecule has 0 aliphatic carbocycles. The number of rotatable bonds is 5. The molecule has 2 saturated heterocycles. The number of carbonyl (C=O) groups is 2. The van der Waals surface area contributed by atoms with Crippen molar-refractivity contribution < 1.29 is 14.3 Å². The zero-order chi connectivity index (χ0) is 17.6. The largest absolute Gasteiger partial charge is 0.378 e. The minimum Gasteiger partial charge on any atom is -0.378 e. The van der Waals surface area contributed by atoms with Crippen molar-refractivity contribution >= 4 is 23.2 Å². The van der Waals surface area contributed by atoms with Gasteiger partial charge in [-0.15, -0.1) is 11.3 Å². The summed E-state index contributed by atoms with van der Waals surface area (Å²) in [6.07, 6.45) is 1.87. The minimum atomic E-state index is -0.208. The average molecular weight is 365 g/mol. The number of amides is 2. The van der Waals surface area contributed by atoms with Gasteiger partial charge < -0.3 is 15.0 Å². The lowest BCUT2D eigenvalue weighted by atomic mass is 9.95. The van der Waals surface area contributed by atoms with E-state index in [4.69, 9.17) is 4.74 Å². The molecule has 3 rings (SSSR count). The Labute approximate surface area is 153 Å². The van der Waals surface area contributed by atoms with Gasteiger partial charge in [-0.05, 0) is 37.8 Å². The van der Waals surface area contributed by atoms with Gasteiger partial charge in [-0.2, -0.15) is 0 Å². The predicted octanol–water partition coefficient (Wildman–Crippen LogP) is 1.32. The highest BCUT2D eigenvalue weighted by atomic mass is 32.1. The molecular formula is C18H27N3O3S. The van der Waals surface area contributed by atoms with Crippen LogP contribution >= 0.6 is 11.3 Å². The summed E-state index contributed by atoms with van der Waals surface area (Å²) in [5, 5.41) is 5.02. The Kier molecular flexibility index (Phi) is 6.45. The summed E-state index contributed by atoms with van der Waals surface area (Å²) in [6, 6.07) is 3.80. The maximum Gasteiger partial charge on any atom is 0.237 e. The third-order valence-corrected chi connectivity index (χ3v) is 5.95. The van der Waals surface area contributed by atoms with Gasteiger partial charge in [-0.25, -0.2) is 0 Å². The van der Waals surface area contributed by atoms with Crippen LogP contribution in [0.15, 0.2) is 17.5 Å². The van der Waals surface area contributed by atoms with E-state index in [0.29, 0.717) is 39.4 Å². The highest BCUT2D eigenvalue weighted by Crippen LogP contribution is 2.21. The van der Waals surface area contributed by atoms with E-state index in [1.165, 1.54) is 0 Å². The van der Waals surface area contributed by atoms with E-state index in [0.717, 1.165) is 24.3 Å². The van der Waals surface area contributed by atoms with Crippen LogP contribution in [0.1, 0.15) is 24.6 Å². The third kappa shape index (κ3) is 4.80. The molecule has 2 aliphatic heterocycles. The van der Waals surface area contributed by atoms with Crippen LogP contribution in [-0.2, 0) is 20.9 Å². The monoisotopic (exact) mass is 365 g/mol. The molecule has 2 fully saturated rings. The lowest BCUT2D eigenvalue weighted by Gasteiger charge is -2.38. The van der Waals surface area contributed by atoms with Crippen molar-refractivity contribution in [3.8, 4) is 0 Å². The highest BCUT2D eigenvalue weighted by molar-refractivity contribution is 7.09. The summed E-state index contributed by atoms with van der Waals surface area (Å²) in [7, 11) is 0. The molecule has 0 bridgehead atoms. The fourth-order valence-corrected chi connectivity index (χ4v) is 4.15. The lowest BCUT2D eigenvalue weighted by Crippen LogP contribution is -2.53. The summed E-state index contributed by atoms with van der Waals surface area (Å²) in [4.78, 5) is 30.4. The van der Waals surface area contributed by atoms with E-state index < -0.39 is 0 Å². The van der Waals surface area contributed by atoms with Crippen molar-refractivity contribution in [1.82, 2.24) is 15.1 Å². The predicted molar refractivity (Wildman–Crippen MR) is 97.3 cm³/mol. The van der Waals surface area contributed by atoms with Gasteiger partial charge in [0.05, 0.1) is 31.7 Å². The summed E-state index contributed by atoms with van der Waals surface area (Å²) < 4.78 is 5.33. The first-order valence-corrected chi connectivity index (χ1v) is 9.94. The molecule has 0 spiro atoms. The van der Waals surface area contributed by atoms with Crippen molar-refractivity contribution in [3.05, 3.63) is 22.4 Å². The first-order chi connectivity index (χ1) is 12.1. The second kappa shape index (κ2) is 8.78. The van der Waals surface area contributed by atoms with E-state index >= 15 is 0 Å². The van der Waals surface area contributed by atoms with E-state index in [-0.39, 0.29) is 23.8 Å². The van der Waals surface area contributed by atoms with E-state index in [1.54, 1.807) is 11.3 Å². The number of nitrogens with zero attached hydrogens (tertiary/aromatic N) is 2. The van der Waals surface area contributed by atoms with Gasteiger partial charge in [0.15, 0.2) is 0 Å². The van der Waals surface area contributed by atoms with Gasteiger partial charge in [-0.1, -0.05) is 6.07 Å². The molecule has 25 heavy (non-hydrogen) atoms. The molecule has 2 unspecified atom stereocenters. The number of carbonyl (C=O) groups excluding carboxylic acids is 2. The molecular weight excluding hydrogens is 338 g/mol. The van der Waals surface area contributed by atoms with Gasteiger partial charge in [0.1, 0.15) is 0 Å². The minimum absolute atomic E-state index is 0.000559. The Balaban J connectivity index is 1.51. The van der Waals surface area contributed by atoms with Crippen molar-refractivity contribution in [3.63, 3.8) is 0 Å². The Bertz CT molecular complexity index is 572. The maximum absolute atomic E-state index is 12.7. The van der Waals surface area contributed by atoms with E-state index in [2.05, 4.69) is 10.2 Å². The van der Waals surface area contributed by atoms with Crippen LogP contribution in [0.4, 0.5) is 0 Å². The van der Waals surface area contributed by atoms with Gasteiger partial charge >= 0.3 is 0 Å². The van der Waals surface area contributed by atoms with Gasteiger partial charge in [-0.3, -0.25) is 14.5 Å². The molecule has 6 nitrogen and oxygen atoms in total. The molecule has 138 valence electrons. The fourth-order valence-electron chi connectivity index (χ4n) is 3.50. The van der Waals surface area contributed by atoms with Crippen molar-refractivity contribution in [1.29, 1.82) is 0 Å². The highest BCUT2D eigenvalue weighted by Gasteiger charge is 2.33. The number of hydrogen-bond donors (Lipinski definition) is 1. The van der Waals surface area contributed by atoms with Gasteiger partial charge in [0, 0.05) is 24.5 Å². The molecule has 0 radical (unpaired) electrons. The zero-order valence-electron chi connectivity index (χ0n) is 14.8. The lowest BCUT2D eigenvalue weighted by molar-refractivity contribution is -0.142. The Morgan fingerprint density at radius 1 is 1.36 bits per heavy atom. The Hall–Kier alpha value is -1.44. The molecule has 0 saturated carbocycles. The fraction of sp³-hybridized carbons (Fsp3) is 0.667. The number of ether oxygens (including phenoxy) is 1. The number of nitrogens with one attached hydrogen (secondary N) is 1. The van der Waals surface area contributed by atoms with Crippen LogP contribution in [0.2, 0.25) is 0 Å². The van der Waals surface area contributed by atoms with Crippen LogP contribution in [-0.4, -0.2) is 67.0 Å². The average Bonchev–Trinajstić information content (AvgIpc) is 3.19. The number of piperidine rings is 1. The number of thiophene rings is 1. The van der Waals surface area contributed by atoms with E-state index in [1.807, 2.05) is 29.3 Å². The topological polar surface area (TPSA) is 61.9 Å². The van der Waals surface area contributed by atoms with Gasteiger partial charge in [0.25, 0.3) is 0 Å². The summed E-state index contributed by atoms with van der Waals surface area (Å²) >= 11 is 1.64. The molecule has 7 heteroatoms. The summed E-state index contributed by atoms with van der Waals surface area (Å²) in [5.74, 6) is 0.256. The molecule has 1 N–H and O–H groups in total. The second-order valence-electron chi connectivity index (χ2n) is 6.74. The first-order valence-electron chi connectivity index (χ1n) is 9.06. The van der Waals surface area contributed by atoms with Gasteiger partial charge in [0.2, 0.25) is 11.8 Å². The molecule has 1 aromatic heterocycles. The number of morpholine rings is 1. The first kappa shape index (κ1) is 18.4. The molecule has 2 aliphatic rings. The van der Waals surface area contributed by atoms with Crippen LogP contribution in [0.3, 0.4) is 0 Å². The second-order valence-corrected chi connectivity index (χ2v) is 7.78. The van der Waals surface area contributed by atoms with Crippen LogP contribution in [0.25, 0.3) is 0 Å². The van der Waals surface area contributed by atoms with Crippen LogP contribution < -0.4 is 5.32 Å². The van der Waals surface area contributed by atoms with Crippen LogP contribution in [0, 0.1) is 5.92 Å².